The first-order valence-electron chi connectivity index (χ1n) is 12.1. The second kappa shape index (κ2) is 12.9. The second-order valence-electron chi connectivity index (χ2n) is 9.02. The number of carbonyl (C=O) groups excluding carboxylic acids is 2. The summed E-state index contributed by atoms with van der Waals surface area (Å²) in [4.78, 5) is 25.2. The van der Waals surface area contributed by atoms with Crippen molar-refractivity contribution in [3.05, 3.63) is 84.8 Å². The standard InChI is InChI=1S/C28H24Cl5NO5/c1-3-14(2)20(13-38-28(36)39-26-24(32)22(30)21(29)23(31)25(26)33)34-27(35)37-12-19-17-10-6-4-8-15(17)16-9-5-7-11-18(16)19/h4-11,14,19-20H,3,12-13H2,1-2H3,(H,34,35)/t14-,20+/m0/s1. The lowest BCUT2D eigenvalue weighted by atomic mass is 9.98. The van der Waals surface area contributed by atoms with Gasteiger partial charge in [-0.2, -0.15) is 0 Å². The van der Waals surface area contributed by atoms with Gasteiger partial charge in [-0.15, -0.1) is 0 Å². The summed E-state index contributed by atoms with van der Waals surface area (Å²) in [7, 11) is 0. The minimum absolute atomic E-state index is 0.0510. The Kier molecular flexibility index (Phi) is 9.78. The number of benzene rings is 3. The van der Waals surface area contributed by atoms with Gasteiger partial charge in [-0.25, -0.2) is 9.59 Å². The maximum Gasteiger partial charge on any atom is 0.514 e. The molecule has 1 aliphatic rings. The Morgan fingerprint density at radius 3 is 1.87 bits per heavy atom. The SMILES string of the molecule is CC[C@H](C)[C@@H](COC(=O)Oc1c(Cl)c(Cl)c(Cl)c(Cl)c1Cl)NC(=O)OCC1c2ccccc2-c2ccccc21. The van der Waals surface area contributed by atoms with E-state index in [4.69, 9.17) is 72.2 Å². The molecule has 0 radical (unpaired) electrons. The first-order valence-corrected chi connectivity index (χ1v) is 14.0. The molecule has 0 unspecified atom stereocenters. The van der Waals surface area contributed by atoms with Crippen LogP contribution in [0.5, 0.6) is 5.75 Å². The van der Waals surface area contributed by atoms with Gasteiger partial charge in [0.2, 0.25) is 0 Å². The Morgan fingerprint density at radius 2 is 1.33 bits per heavy atom. The number of halogens is 5. The third kappa shape index (κ3) is 6.36. The molecule has 0 aliphatic heterocycles. The van der Waals surface area contributed by atoms with Crippen molar-refractivity contribution in [3.8, 4) is 16.9 Å². The molecule has 3 aromatic carbocycles. The van der Waals surface area contributed by atoms with Crippen LogP contribution < -0.4 is 10.1 Å². The molecule has 39 heavy (non-hydrogen) atoms. The van der Waals surface area contributed by atoms with E-state index >= 15 is 0 Å². The Labute approximate surface area is 251 Å². The van der Waals surface area contributed by atoms with E-state index in [1.807, 2.05) is 50.2 Å². The highest BCUT2D eigenvalue weighted by Gasteiger charge is 2.30. The molecule has 1 amide bonds. The van der Waals surface area contributed by atoms with E-state index in [2.05, 4.69) is 17.4 Å². The summed E-state index contributed by atoms with van der Waals surface area (Å²) in [5.41, 5.74) is 4.48. The van der Waals surface area contributed by atoms with Crippen molar-refractivity contribution >= 4 is 70.3 Å². The molecule has 6 nitrogen and oxygen atoms in total. The predicted molar refractivity (Wildman–Crippen MR) is 155 cm³/mol. The highest BCUT2D eigenvalue weighted by atomic mass is 35.5. The van der Waals surface area contributed by atoms with Crippen LogP contribution in [0.3, 0.4) is 0 Å². The molecule has 1 aliphatic carbocycles. The Morgan fingerprint density at radius 1 is 0.821 bits per heavy atom. The Hall–Kier alpha value is -2.35. The molecule has 0 bridgehead atoms. The van der Waals surface area contributed by atoms with Gasteiger partial charge in [-0.05, 0) is 28.2 Å². The van der Waals surface area contributed by atoms with Gasteiger partial charge in [0.05, 0.1) is 21.1 Å². The van der Waals surface area contributed by atoms with Crippen LogP contribution in [-0.4, -0.2) is 31.5 Å². The summed E-state index contributed by atoms with van der Waals surface area (Å²) in [5, 5.41) is 2.11. The van der Waals surface area contributed by atoms with Gasteiger partial charge in [0.1, 0.15) is 23.3 Å². The van der Waals surface area contributed by atoms with Crippen molar-refractivity contribution in [3.63, 3.8) is 0 Å². The van der Waals surface area contributed by atoms with E-state index in [1.54, 1.807) is 0 Å². The van der Waals surface area contributed by atoms with Gasteiger partial charge in [0.25, 0.3) is 0 Å². The van der Waals surface area contributed by atoms with Gasteiger partial charge in [-0.1, -0.05) is 127 Å². The zero-order chi connectivity index (χ0) is 28.3. The fourth-order valence-corrected chi connectivity index (χ4v) is 5.57. The lowest BCUT2D eigenvalue weighted by Crippen LogP contribution is -2.43. The summed E-state index contributed by atoms with van der Waals surface area (Å²) >= 11 is 30.2. The molecular formula is C28H24Cl5NO5. The monoisotopic (exact) mass is 629 g/mol. The number of amides is 1. The number of hydrogen-bond acceptors (Lipinski definition) is 5. The molecule has 1 N–H and O–H groups in total. The molecule has 0 aromatic heterocycles. The van der Waals surface area contributed by atoms with E-state index < -0.39 is 18.3 Å². The van der Waals surface area contributed by atoms with Gasteiger partial charge >= 0.3 is 12.2 Å². The average Bonchev–Trinajstić information content (AvgIpc) is 3.27. The highest BCUT2D eigenvalue weighted by molar-refractivity contribution is 6.55. The van der Waals surface area contributed by atoms with Gasteiger partial charge in [0.15, 0.2) is 5.75 Å². The minimum Gasteiger partial charge on any atom is -0.449 e. The van der Waals surface area contributed by atoms with Crippen LogP contribution in [0, 0.1) is 5.92 Å². The van der Waals surface area contributed by atoms with Crippen molar-refractivity contribution in [1.82, 2.24) is 5.32 Å². The Balaban J connectivity index is 1.37. The minimum atomic E-state index is -1.11. The normalized spacial score (nSPS) is 13.7. The zero-order valence-electron chi connectivity index (χ0n) is 20.9. The highest BCUT2D eigenvalue weighted by Crippen LogP contribution is 2.48. The molecule has 4 rings (SSSR count). The zero-order valence-corrected chi connectivity index (χ0v) is 24.7. The first kappa shape index (κ1) is 29.6. The topological polar surface area (TPSA) is 73.9 Å². The van der Waals surface area contributed by atoms with Crippen LogP contribution in [0.1, 0.15) is 37.3 Å². The van der Waals surface area contributed by atoms with E-state index in [1.165, 1.54) is 0 Å². The van der Waals surface area contributed by atoms with Crippen LogP contribution >= 0.6 is 58.0 Å². The number of carbonyl (C=O) groups is 2. The molecule has 3 aromatic rings. The summed E-state index contributed by atoms with van der Waals surface area (Å²) in [6.07, 6.45) is -1.04. The predicted octanol–water partition coefficient (Wildman–Crippen LogP) is 9.42. The Bertz CT molecular complexity index is 1320. The fourth-order valence-electron chi connectivity index (χ4n) is 4.37. The largest absolute Gasteiger partial charge is 0.514 e. The molecule has 0 saturated heterocycles. The molecule has 0 saturated carbocycles. The number of hydrogen-bond donors (Lipinski definition) is 1. The van der Waals surface area contributed by atoms with Crippen molar-refractivity contribution in [2.75, 3.05) is 13.2 Å². The number of ether oxygens (including phenoxy) is 3. The van der Waals surface area contributed by atoms with Crippen LogP contribution in [0.25, 0.3) is 11.1 Å². The number of nitrogens with one attached hydrogen (secondary N) is 1. The quantitative estimate of drug-likeness (QED) is 0.116. The van der Waals surface area contributed by atoms with Crippen molar-refractivity contribution < 1.29 is 23.8 Å². The van der Waals surface area contributed by atoms with E-state index in [0.717, 1.165) is 22.3 Å². The molecule has 206 valence electrons. The van der Waals surface area contributed by atoms with Gasteiger partial charge < -0.3 is 19.5 Å². The summed E-state index contributed by atoms with van der Waals surface area (Å²) in [6, 6.07) is 15.6. The molecule has 0 fully saturated rings. The molecule has 11 heteroatoms. The summed E-state index contributed by atoms with van der Waals surface area (Å²) < 4.78 is 16.0. The van der Waals surface area contributed by atoms with E-state index in [0.29, 0.717) is 6.42 Å². The summed E-state index contributed by atoms with van der Waals surface area (Å²) in [5.74, 6) is -0.416. The number of rotatable bonds is 8. The third-order valence-electron chi connectivity index (χ3n) is 6.71. The number of fused-ring (bicyclic) bond motifs is 3. The lowest BCUT2D eigenvalue weighted by molar-refractivity contribution is 0.0770. The average molecular weight is 632 g/mol. The van der Waals surface area contributed by atoms with Crippen molar-refractivity contribution in [2.45, 2.75) is 32.2 Å². The van der Waals surface area contributed by atoms with Gasteiger partial charge in [-0.3, -0.25) is 0 Å². The van der Waals surface area contributed by atoms with Crippen LogP contribution in [0.15, 0.2) is 48.5 Å². The van der Waals surface area contributed by atoms with E-state index in [-0.39, 0.29) is 55.9 Å². The van der Waals surface area contributed by atoms with Crippen LogP contribution in [0.4, 0.5) is 9.59 Å². The lowest BCUT2D eigenvalue weighted by Gasteiger charge is -2.24. The molecule has 2 atom stereocenters. The van der Waals surface area contributed by atoms with Crippen LogP contribution in [-0.2, 0) is 9.47 Å². The third-order valence-corrected chi connectivity index (χ3v) is 8.96. The molecular weight excluding hydrogens is 608 g/mol. The van der Waals surface area contributed by atoms with Crippen molar-refractivity contribution in [1.29, 1.82) is 0 Å². The maximum atomic E-state index is 12.8. The van der Waals surface area contributed by atoms with Crippen LogP contribution in [0.2, 0.25) is 25.1 Å². The smallest absolute Gasteiger partial charge is 0.449 e. The van der Waals surface area contributed by atoms with Crippen molar-refractivity contribution in [2.24, 2.45) is 5.92 Å². The van der Waals surface area contributed by atoms with E-state index in [9.17, 15) is 9.59 Å². The fraction of sp³-hybridized carbons (Fsp3) is 0.286. The maximum absolute atomic E-state index is 12.8. The molecule has 0 heterocycles. The molecule has 0 spiro atoms. The second-order valence-corrected chi connectivity index (χ2v) is 10.9. The van der Waals surface area contributed by atoms with Gasteiger partial charge in [0, 0.05) is 5.92 Å². The summed E-state index contributed by atoms with van der Waals surface area (Å²) in [6.45, 7) is 3.83. The number of alkyl carbamates (subject to hydrolysis) is 1. The first-order chi connectivity index (χ1) is 18.6.